The zero-order valence-corrected chi connectivity index (χ0v) is 15.7. The van der Waals surface area contributed by atoms with Gasteiger partial charge in [0, 0.05) is 5.56 Å². The number of carbonyl (C=O) groups excluding carboxylic acids is 1. The third-order valence-corrected chi connectivity index (χ3v) is 3.88. The molecular formula is C19H22O7. The third kappa shape index (κ3) is 3.33. The van der Waals surface area contributed by atoms with Crippen LogP contribution in [0.3, 0.4) is 0 Å². The SMILES string of the molecule is COc1cc(C(=O)c2ccc(OC)c(OC)c2OC)cc(OC)c1OC. The normalized spacial score (nSPS) is 10.1. The molecule has 26 heavy (non-hydrogen) atoms. The fourth-order valence-corrected chi connectivity index (χ4v) is 2.65. The van der Waals surface area contributed by atoms with Crippen LogP contribution in [0, 0.1) is 0 Å². The van der Waals surface area contributed by atoms with E-state index in [1.807, 2.05) is 0 Å². The zero-order chi connectivity index (χ0) is 19.3. The first kappa shape index (κ1) is 19.2. The number of hydrogen-bond donors (Lipinski definition) is 0. The second-order valence-corrected chi connectivity index (χ2v) is 5.13. The van der Waals surface area contributed by atoms with Crippen molar-refractivity contribution in [1.82, 2.24) is 0 Å². The Labute approximate surface area is 152 Å². The highest BCUT2D eigenvalue weighted by molar-refractivity contribution is 6.12. The molecule has 0 aliphatic heterocycles. The van der Waals surface area contributed by atoms with Crippen LogP contribution in [0.25, 0.3) is 0 Å². The predicted octanol–water partition coefficient (Wildman–Crippen LogP) is 2.97. The Morgan fingerprint density at radius 3 is 1.54 bits per heavy atom. The second kappa shape index (κ2) is 8.33. The highest BCUT2D eigenvalue weighted by atomic mass is 16.5. The van der Waals surface area contributed by atoms with E-state index in [-0.39, 0.29) is 11.5 Å². The van der Waals surface area contributed by atoms with Gasteiger partial charge in [-0.1, -0.05) is 0 Å². The summed E-state index contributed by atoms with van der Waals surface area (Å²) in [7, 11) is 8.93. The average Bonchev–Trinajstić information content (AvgIpc) is 2.70. The number of rotatable bonds is 8. The van der Waals surface area contributed by atoms with Gasteiger partial charge in [0.15, 0.2) is 28.8 Å². The van der Waals surface area contributed by atoms with Crippen LogP contribution in [0.4, 0.5) is 0 Å². The lowest BCUT2D eigenvalue weighted by Gasteiger charge is -2.16. The third-order valence-electron chi connectivity index (χ3n) is 3.88. The summed E-state index contributed by atoms with van der Waals surface area (Å²) < 4.78 is 31.9. The Morgan fingerprint density at radius 1 is 0.615 bits per heavy atom. The maximum Gasteiger partial charge on any atom is 0.204 e. The van der Waals surface area contributed by atoms with E-state index in [4.69, 9.17) is 28.4 Å². The van der Waals surface area contributed by atoms with Crippen molar-refractivity contribution in [2.75, 3.05) is 42.7 Å². The summed E-state index contributed by atoms with van der Waals surface area (Å²) in [6.45, 7) is 0. The van der Waals surface area contributed by atoms with Crippen molar-refractivity contribution in [3.8, 4) is 34.5 Å². The fraction of sp³-hybridized carbons (Fsp3) is 0.316. The van der Waals surface area contributed by atoms with E-state index in [1.54, 1.807) is 24.3 Å². The summed E-state index contributed by atoms with van der Waals surface area (Å²) in [6.07, 6.45) is 0. The summed E-state index contributed by atoms with van der Waals surface area (Å²) in [4.78, 5) is 13.1. The molecule has 0 saturated carbocycles. The lowest BCUT2D eigenvalue weighted by molar-refractivity contribution is 0.103. The van der Waals surface area contributed by atoms with E-state index >= 15 is 0 Å². The van der Waals surface area contributed by atoms with Gasteiger partial charge in [0.1, 0.15) is 0 Å². The molecule has 7 heteroatoms. The molecular weight excluding hydrogens is 340 g/mol. The monoisotopic (exact) mass is 362 g/mol. The number of ether oxygens (including phenoxy) is 6. The minimum absolute atomic E-state index is 0.283. The van der Waals surface area contributed by atoms with Crippen molar-refractivity contribution in [2.45, 2.75) is 0 Å². The molecule has 0 N–H and O–H groups in total. The van der Waals surface area contributed by atoms with Gasteiger partial charge in [-0.25, -0.2) is 0 Å². The number of hydrogen-bond acceptors (Lipinski definition) is 7. The van der Waals surface area contributed by atoms with Gasteiger partial charge in [-0.2, -0.15) is 0 Å². The maximum atomic E-state index is 13.1. The Hall–Kier alpha value is -3.09. The van der Waals surface area contributed by atoms with Crippen molar-refractivity contribution in [1.29, 1.82) is 0 Å². The lowest BCUT2D eigenvalue weighted by atomic mass is 10.0. The summed E-state index contributed by atoms with van der Waals surface area (Å²) >= 11 is 0. The summed E-state index contributed by atoms with van der Waals surface area (Å²) in [5.41, 5.74) is 0.671. The Morgan fingerprint density at radius 2 is 1.12 bits per heavy atom. The maximum absolute atomic E-state index is 13.1. The molecule has 2 aromatic carbocycles. The van der Waals surface area contributed by atoms with Gasteiger partial charge < -0.3 is 28.4 Å². The first-order chi connectivity index (χ1) is 12.6. The standard InChI is InChI=1S/C19H22O7/c1-21-13-8-7-12(17(24-4)19(13)26-6)16(20)11-9-14(22-2)18(25-5)15(10-11)23-3/h7-10H,1-6H3. The molecule has 140 valence electrons. The van der Waals surface area contributed by atoms with Crippen LogP contribution in [0.5, 0.6) is 34.5 Å². The molecule has 0 saturated heterocycles. The van der Waals surface area contributed by atoms with Crippen molar-refractivity contribution < 1.29 is 33.2 Å². The van der Waals surface area contributed by atoms with Crippen molar-refractivity contribution in [2.24, 2.45) is 0 Å². The molecule has 0 atom stereocenters. The van der Waals surface area contributed by atoms with Crippen LogP contribution in [0.2, 0.25) is 0 Å². The molecule has 0 aromatic heterocycles. The van der Waals surface area contributed by atoms with Gasteiger partial charge >= 0.3 is 0 Å². The van der Waals surface area contributed by atoms with E-state index in [1.165, 1.54) is 42.7 Å². The van der Waals surface area contributed by atoms with Gasteiger partial charge in [0.25, 0.3) is 0 Å². The molecule has 7 nitrogen and oxygen atoms in total. The summed E-state index contributed by atoms with van der Waals surface area (Å²) in [5.74, 6) is 1.97. The van der Waals surface area contributed by atoms with Crippen molar-refractivity contribution >= 4 is 5.78 Å². The Kier molecular flexibility index (Phi) is 6.16. The van der Waals surface area contributed by atoms with Crippen LogP contribution in [0.15, 0.2) is 24.3 Å². The average molecular weight is 362 g/mol. The van der Waals surface area contributed by atoms with E-state index in [2.05, 4.69) is 0 Å². The molecule has 0 fully saturated rings. The molecule has 0 amide bonds. The summed E-state index contributed by atoms with van der Waals surface area (Å²) in [6, 6.07) is 6.43. The van der Waals surface area contributed by atoms with E-state index in [0.29, 0.717) is 39.9 Å². The van der Waals surface area contributed by atoms with E-state index < -0.39 is 0 Å². The molecule has 2 aromatic rings. The smallest absolute Gasteiger partial charge is 0.204 e. The second-order valence-electron chi connectivity index (χ2n) is 5.13. The van der Waals surface area contributed by atoms with E-state index in [9.17, 15) is 4.79 Å². The molecule has 0 aliphatic rings. The van der Waals surface area contributed by atoms with E-state index in [0.717, 1.165) is 0 Å². The molecule has 0 unspecified atom stereocenters. The van der Waals surface area contributed by atoms with Gasteiger partial charge in [0.2, 0.25) is 11.5 Å². The topological polar surface area (TPSA) is 72.5 Å². The number of carbonyl (C=O) groups is 1. The molecule has 0 bridgehead atoms. The first-order valence-corrected chi connectivity index (χ1v) is 7.69. The largest absolute Gasteiger partial charge is 0.493 e. The first-order valence-electron chi connectivity index (χ1n) is 7.69. The highest BCUT2D eigenvalue weighted by Crippen LogP contribution is 2.42. The number of methoxy groups -OCH3 is 6. The van der Waals surface area contributed by atoms with Crippen LogP contribution in [0.1, 0.15) is 15.9 Å². The fourth-order valence-electron chi connectivity index (χ4n) is 2.65. The van der Waals surface area contributed by atoms with Crippen molar-refractivity contribution in [3.05, 3.63) is 35.4 Å². The Bertz CT molecular complexity index is 774. The highest BCUT2D eigenvalue weighted by Gasteiger charge is 2.24. The predicted molar refractivity (Wildman–Crippen MR) is 95.6 cm³/mol. The molecule has 0 heterocycles. The quantitative estimate of drug-likeness (QED) is 0.669. The van der Waals surface area contributed by atoms with Crippen LogP contribution in [-0.2, 0) is 0 Å². The van der Waals surface area contributed by atoms with Gasteiger partial charge in [0.05, 0.1) is 48.2 Å². The number of ketones is 1. The molecule has 0 aliphatic carbocycles. The Balaban J connectivity index is 2.63. The van der Waals surface area contributed by atoms with Gasteiger partial charge in [-0.3, -0.25) is 4.79 Å². The molecule has 2 rings (SSSR count). The van der Waals surface area contributed by atoms with Gasteiger partial charge in [-0.05, 0) is 24.3 Å². The van der Waals surface area contributed by atoms with Crippen LogP contribution in [-0.4, -0.2) is 48.4 Å². The molecule has 0 radical (unpaired) electrons. The zero-order valence-electron chi connectivity index (χ0n) is 15.7. The van der Waals surface area contributed by atoms with Crippen LogP contribution >= 0.6 is 0 Å². The molecule has 0 spiro atoms. The number of benzene rings is 2. The minimum atomic E-state index is -0.290. The van der Waals surface area contributed by atoms with Crippen LogP contribution < -0.4 is 28.4 Å². The van der Waals surface area contributed by atoms with Gasteiger partial charge in [-0.15, -0.1) is 0 Å². The lowest BCUT2D eigenvalue weighted by Crippen LogP contribution is -2.07. The summed E-state index contributed by atoms with van der Waals surface area (Å²) in [5, 5.41) is 0. The minimum Gasteiger partial charge on any atom is -0.493 e. The van der Waals surface area contributed by atoms with Crippen molar-refractivity contribution in [3.63, 3.8) is 0 Å².